The van der Waals surface area contributed by atoms with Gasteiger partial charge in [0.05, 0.1) is 0 Å². The van der Waals surface area contributed by atoms with Crippen molar-refractivity contribution < 1.29 is 10.5 Å². The minimum atomic E-state index is 1.04. The van der Waals surface area contributed by atoms with Gasteiger partial charge in [0.1, 0.15) is 0 Å². The Morgan fingerprint density at radius 1 is 0.750 bits per heavy atom. The minimum Gasteiger partial charge on any atom is -0.355 e. The quantitative estimate of drug-likeness (QED) is 0.398. The molecule has 0 saturated carbocycles. The van der Waals surface area contributed by atoms with E-state index >= 15 is 0 Å². The zero-order valence-electron chi connectivity index (χ0n) is 8.72. The van der Waals surface area contributed by atoms with Gasteiger partial charge in [0.2, 0.25) is 0 Å². The van der Waals surface area contributed by atoms with Gasteiger partial charge < -0.3 is 5.32 Å². The first kappa shape index (κ1) is 10.7. The molecule has 3 heteroatoms. The average Bonchev–Trinajstić information content (AvgIpc) is 2.38. The van der Waals surface area contributed by atoms with Crippen LogP contribution >= 0.6 is 0 Å². The molecule has 0 unspecified atom stereocenters. The van der Waals surface area contributed by atoms with E-state index in [9.17, 15) is 0 Å². The van der Waals surface area contributed by atoms with Crippen molar-refractivity contribution in [1.29, 1.82) is 0 Å². The van der Waals surface area contributed by atoms with Crippen LogP contribution in [-0.4, -0.2) is 10.5 Å². The van der Waals surface area contributed by atoms with Gasteiger partial charge in [0.25, 0.3) is 0 Å². The molecule has 16 heavy (non-hydrogen) atoms. The maximum atomic E-state index is 6.00. The molecular weight excluding hydrogens is 202 g/mol. The summed E-state index contributed by atoms with van der Waals surface area (Å²) in [5.74, 6) is 0. The summed E-state index contributed by atoms with van der Waals surface area (Å²) < 4.78 is 0. The highest BCUT2D eigenvalue weighted by atomic mass is 17.0. The number of hydrogen-bond donors (Lipinski definition) is 3. The van der Waals surface area contributed by atoms with Gasteiger partial charge in [0, 0.05) is 17.8 Å². The molecule has 1 aliphatic heterocycles. The molecule has 0 spiro atoms. The number of hydrogen-bond acceptors (Lipinski definition) is 3. The molecular formula is C13H13NO2. The van der Waals surface area contributed by atoms with Crippen molar-refractivity contribution in [3.63, 3.8) is 0 Å². The lowest BCUT2D eigenvalue weighted by Crippen LogP contribution is -2.05. The Labute approximate surface area is 93.9 Å². The fraction of sp³-hybridized carbons (Fsp3) is 0.0769. The highest BCUT2D eigenvalue weighted by Gasteiger charge is 2.12. The molecule has 3 N–H and O–H groups in total. The van der Waals surface area contributed by atoms with Gasteiger partial charge in [-0.25, -0.2) is 0 Å². The van der Waals surface area contributed by atoms with Crippen LogP contribution in [0, 0.1) is 0 Å². The number of anilines is 2. The zero-order valence-corrected chi connectivity index (χ0v) is 8.72. The third kappa shape index (κ3) is 1.91. The highest BCUT2D eigenvalue weighted by Crippen LogP contribution is 2.31. The van der Waals surface area contributed by atoms with Crippen molar-refractivity contribution in [2.75, 3.05) is 5.32 Å². The van der Waals surface area contributed by atoms with Crippen LogP contribution in [0.3, 0.4) is 0 Å². The molecule has 0 radical (unpaired) electrons. The molecule has 0 saturated heterocycles. The van der Waals surface area contributed by atoms with Crippen molar-refractivity contribution >= 4 is 11.4 Å². The predicted molar refractivity (Wildman–Crippen MR) is 64.2 cm³/mol. The average molecular weight is 215 g/mol. The summed E-state index contributed by atoms with van der Waals surface area (Å²) in [6, 6.07) is 16.9. The summed E-state index contributed by atoms with van der Waals surface area (Å²) in [5, 5.41) is 15.4. The Balaban J connectivity index is 0.000000457. The van der Waals surface area contributed by atoms with E-state index in [0.717, 1.165) is 6.42 Å². The van der Waals surface area contributed by atoms with Crippen molar-refractivity contribution in [3.8, 4) is 0 Å². The fourth-order valence-corrected chi connectivity index (χ4v) is 1.94. The molecule has 0 fully saturated rings. The minimum absolute atomic E-state index is 1.04. The number of para-hydroxylation sites is 2. The van der Waals surface area contributed by atoms with Gasteiger partial charge in [-0.15, -0.1) is 0 Å². The van der Waals surface area contributed by atoms with Crippen LogP contribution in [0.15, 0.2) is 48.5 Å². The molecule has 2 aromatic rings. The zero-order chi connectivity index (χ0) is 11.4. The summed E-state index contributed by atoms with van der Waals surface area (Å²) in [6.07, 6.45) is 1.04. The van der Waals surface area contributed by atoms with Gasteiger partial charge in [-0.3, -0.25) is 10.5 Å². The van der Waals surface area contributed by atoms with Crippen LogP contribution in [0.5, 0.6) is 0 Å². The van der Waals surface area contributed by atoms with E-state index in [1.165, 1.54) is 22.5 Å². The summed E-state index contributed by atoms with van der Waals surface area (Å²) in [4.78, 5) is 0. The number of rotatable bonds is 0. The maximum Gasteiger partial charge on any atom is 0.0420 e. The van der Waals surface area contributed by atoms with Crippen molar-refractivity contribution in [2.24, 2.45) is 0 Å². The third-order valence-corrected chi connectivity index (χ3v) is 2.68. The molecule has 0 aliphatic carbocycles. The van der Waals surface area contributed by atoms with E-state index < -0.39 is 0 Å². The Morgan fingerprint density at radius 2 is 1.19 bits per heavy atom. The standard InChI is InChI=1S/C13H11N.H2O2/c1-3-7-12-10(5-1)9-11-6-2-4-8-13(11)14-12;1-2/h1-8,14H,9H2;1-2H. The second-order valence-corrected chi connectivity index (χ2v) is 3.62. The maximum absolute atomic E-state index is 6.00. The Kier molecular flexibility index (Phi) is 3.19. The second kappa shape index (κ2) is 4.79. The van der Waals surface area contributed by atoms with E-state index in [4.69, 9.17) is 10.5 Å². The van der Waals surface area contributed by atoms with Crippen molar-refractivity contribution in [3.05, 3.63) is 59.7 Å². The first-order valence-electron chi connectivity index (χ1n) is 5.06. The molecule has 82 valence electrons. The highest BCUT2D eigenvalue weighted by molar-refractivity contribution is 5.71. The lowest BCUT2D eigenvalue weighted by atomic mass is 9.98. The largest absolute Gasteiger partial charge is 0.355 e. The Hall–Kier alpha value is -1.84. The summed E-state index contributed by atoms with van der Waals surface area (Å²) in [7, 11) is 0. The molecule has 0 atom stereocenters. The lowest BCUT2D eigenvalue weighted by Gasteiger charge is -2.20. The van der Waals surface area contributed by atoms with Crippen LogP contribution in [-0.2, 0) is 6.42 Å². The van der Waals surface area contributed by atoms with E-state index in [-0.39, 0.29) is 0 Å². The molecule has 1 heterocycles. The van der Waals surface area contributed by atoms with Crippen molar-refractivity contribution in [2.45, 2.75) is 6.42 Å². The summed E-state index contributed by atoms with van der Waals surface area (Å²) >= 11 is 0. The van der Waals surface area contributed by atoms with Crippen LogP contribution in [0.4, 0.5) is 11.4 Å². The van der Waals surface area contributed by atoms with Gasteiger partial charge in [-0.05, 0) is 23.3 Å². The number of fused-ring (bicyclic) bond motifs is 2. The lowest BCUT2D eigenvalue weighted by molar-refractivity contribution is -0.176. The number of benzene rings is 2. The molecule has 0 aromatic heterocycles. The van der Waals surface area contributed by atoms with E-state index in [1.807, 2.05) is 0 Å². The summed E-state index contributed by atoms with van der Waals surface area (Å²) in [5.41, 5.74) is 5.25. The summed E-state index contributed by atoms with van der Waals surface area (Å²) in [6.45, 7) is 0. The van der Waals surface area contributed by atoms with Crippen LogP contribution < -0.4 is 5.32 Å². The van der Waals surface area contributed by atoms with Crippen LogP contribution in [0.2, 0.25) is 0 Å². The van der Waals surface area contributed by atoms with Crippen LogP contribution in [0.1, 0.15) is 11.1 Å². The van der Waals surface area contributed by atoms with E-state index in [1.54, 1.807) is 0 Å². The topological polar surface area (TPSA) is 52.5 Å². The van der Waals surface area contributed by atoms with Gasteiger partial charge >= 0.3 is 0 Å². The molecule has 0 bridgehead atoms. The number of nitrogens with one attached hydrogen (secondary N) is 1. The monoisotopic (exact) mass is 215 g/mol. The second-order valence-electron chi connectivity index (χ2n) is 3.62. The van der Waals surface area contributed by atoms with Gasteiger partial charge in [0.15, 0.2) is 0 Å². The molecule has 3 nitrogen and oxygen atoms in total. The Bertz CT molecular complexity index is 395. The van der Waals surface area contributed by atoms with Crippen LogP contribution in [0.25, 0.3) is 0 Å². The first-order valence-corrected chi connectivity index (χ1v) is 5.06. The Morgan fingerprint density at radius 3 is 1.69 bits per heavy atom. The SMILES string of the molecule is OO.c1ccc2c(c1)Cc1ccccc1N2. The molecule has 0 amide bonds. The van der Waals surface area contributed by atoms with Crippen molar-refractivity contribution in [1.82, 2.24) is 0 Å². The van der Waals surface area contributed by atoms with Gasteiger partial charge in [-0.1, -0.05) is 36.4 Å². The molecule has 1 aliphatic rings. The normalized spacial score (nSPS) is 11.4. The molecule has 2 aromatic carbocycles. The predicted octanol–water partition coefficient (Wildman–Crippen LogP) is 3.35. The molecule has 3 rings (SSSR count). The van der Waals surface area contributed by atoms with Gasteiger partial charge in [-0.2, -0.15) is 0 Å². The first-order chi connectivity index (χ1) is 7.93. The smallest absolute Gasteiger partial charge is 0.0420 e. The van der Waals surface area contributed by atoms with E-state index in [2.05, 4.69) is 53.8 Å². The van der Waals surface area contributed by atoms with E-state index in [0.29, 0.717) is 0 Å². The third-order valence-electron chi connectivity index (χ3n) is 2.68. The fourth-order valence-electron chi connectivity index (χ4n) is 1.94.